The lowest BCUT2D eigenvalue weighted by atomic mass is 10.00. The summed E-state index contributed by atoms with van der Waals surface area (Å²) in [5.41, 5.74) is 8.26. The second-order valence-electron chi connectivity index (χ2n) is 7.48. The molecule has 0 bridgehead atoms. The highest BCUT2D eigenvalue weighted by Crippen LogP contribution is 2.23. The molecule has 2 unspecified atom stereocenters. The number of hydrazine groups is 1. The normalized spacial score (nSPS) is 22.8. The SMILES string of the molecule is O=C(NC1CCN(C(=O)C2CC(c3ccccc3)NN2)CC1)c1ccccc1. The Kier molecular flexibility index (Phi) is 5.69. The summed E-state index contributed by atoms with van der Waals surface area (Å²) >= 11 is 0. The van der Waals surface area contributed by atoms with Crippen molar-refractivity contribution in [3.63, 3.8) is 0 Å². The summed E-state index contributed by atoms with van der Waals surface area (Å²) in [6, 6.07) is 19.5. The summed E-state index contributed by atoms with van der Waals surface area (Å²) in [5.74, 6) is 0.0940. The summed E-state index contributed by atoms with van der Waals surface area (Å²) in [4.78, 5) is 27.1. The number of likely N-dealkylation sites (tertiary alicyclic amines) is 1. The van der Waals surface area contributed by atoms with Crippen LogP contribution in [-0.2, 0) is 4.79 Å². The second-order valence-corrected chi connectivity index (χ2v) is 7.48. The quantitative estimate of drug-likeness (QED) is 0.761. The minimum Gasteiger partial charge on any atom is -0.349 e. The minimum atomic E-state index is -0.208. The first kappa shape index (κ1) is 18.7. The predicted molar refractivity (Wildman–Crippen MR) is 107 cm³/mol. The van der Waals surface area contributed by atoms with E-state index in [9.17, 15) is 9.59 Å². The van der Waals surface area contributed by atoms with Crippen LogP contribution in [0.15, 0.2) is 60.7 Å². The van der Waals surface area contributed by atoms with E-state index in [0.717, 1.165) is 19.3 Å². The Balaban J connectivity index is 1.26. The zero-order valence-corrected chi connectivity index (χ0v) is 15.8. The van der Waals surface area contributed by atoms with Crippen molar-refractivity contribution in [1.29, 1.82) is 0 Å². The lowest BCUT2D eigenvalue weighted by molar-refractivity contribution is -0.134. The molecule has 0 spiro atoms. The Hall–Kier alpha value is -2.70. The van der Waals surface area contributed by atoms with Gasteiger partial charge in [0.2, 0.25) is 5.91 Å². The second kappa shape index (κ2) is 8.54. The molecule has 28 heavy (non-hydrogen) atoms. The van der Waals surface area contributed by atoms with Crippen molar-refractivity contribution in [2.75, 3.05) is 13.1 Å². The fourth-order valence-corrected chi connectivity index (χ4v) is 3.94. The average molecular weight is 378 g/mol. The standard InChI is InChI=1S/C22H26N4O2/c27-21(17-9-5-2-6-10-17)23-18-11-13-26(14-12-18)22(28)20-15-19(24-25-20)16-7-3-1-4-8-16/h1-10,18-20,24-25H,11-15H2,(H,23,27). The third-order valence-corrected chi connectivity index (χ3v) is 5.58. The molecule has 2 fully saturated rings. The van der Waals surface area contributed by atoms with Crippen LogP contribution in [0.4, 0.5) is 0 Å². The molecule has 2 aliphatic heterocycles. The lowest BCUT2D eigenvalue weighted by Gasteiger charge is -2.33. The van der Waals surface area contributed by atoms with Crippen molar-refractivity contribution in [2.45, 2.75) is 37.4 Å². The van der Waals surface area contributed by atoms with E-state index in [4.69, 9.17) is 0 Å². The summed E-state index contributed by atoms with van der Waals surface area (Å²) < 4.78 is 0. The molecule has 2 heterocycles. The molecule has 2 atom stereocenters. The number of benzene rings is 2. The smallest absolute Gasteiger partial charge is 0.251 e. The van der Waals surface area contributed by atoms with Crippen LogP contribution in [0.1, 0.15) is 41.2 Å². The number of nitrogens with zero attached hydrogens (tertiary/aromatic N) is 1. The van der Waals surface area contributed by atoms with Crippen LogP contribution in [0.5, 0.6) is 0 Å². The topological polar surface area (TPSA) is 73.5 Å². The minimum absolute atomic E-state index is 0.0438. The third-order valence-electron chi connectivity index (χ3n) is 5.58. The van der Waals surface area contributed by atoms with Gasteiger partial charge in [-0.15, -0.1) is 0 Å². The van der Waals surface area contributed by atoms with Gasteiger partial charge in [0.1, 0.15) is 6.04 Å². The number of carbonyl (C=O) groups excluding carboxylic acids is 2. The first-order valence-electron chi connectivity index (χ1n) is 9.91. The molecule has 6 nitrogen and oxygen atoms in total. The molecule has 0 aliphatic carbocycles. The van der Waals surface area contributed by atoms with E-state index in [2.05, 4.69) is 28.3 Å². The summed E-state index contributed by atoms with van der Waals surface area (Å²) in [7, 11) is 0. The third kappa shape index (κ3) is 4.24. The van der Waals surface area contributed by atoms with Gasteiger partial charge in [0.25, 0.3) is 5.91 Å². The van der Waals surface area contributed by atoms with Gasteiger partial charge in [-0.3, -0.25) is 9.59 Å². The highest BCUT2D eigenvalue weighted by molar-refractivity contribution is 5.94. The molecule has 3 N–H and O–H groups in total. The van der Waals surface area contributed by atoms with Gasteiger partial charge in [0, 0.05) is 30.7 Å². The summed E-state index contributed by atoms with van der Waals surface area (Å²) in [6.45, 7) is 1.35. The highest BCUT2D eigenvalue weighted by atomic mass is 16.2. The Labute approximate surface area is 165 Å². The Morgan fingerprint density at radius 2 is 1.54 bits per heavy atom. The fraction of sp³-hybridized carbons (Fsp3) is 0.364. The van der Waals surface area contributed by atoms with Crippen LogP contribution in [-0.4, -0.2) is 41.9 Å². The van der Waals surface area contributed by atoms with Crippen molar-refractivity contribution in [3.05, 3.63) is 71.8 Å². The van der Waals surface area contributed by atoms with E-state index >= 15 is 0 Å². The molecule has 4 rings (SSSR count). The van der Waals surface area contributed by atoms with Gasteiger partial charge >= 0.3 is 0 Å². The van der Waals surface area contributed by atoms with Crippen LogP contribution in [0.2, 0.25) is 0 Å². The molecule has 0 saturated carbocycles. The molecule has 0 radical (unpaired) electrons. The summed E-state index contributed by atoms with van der Waals surface area (Å²) in [6.07, 6.45) is 2.31. The molecular weight excluding hydrogens is 352 g/mol. The Morgan fingerprint density at radius 3 is 2.21 bits per heavy atom. The first-order chi connectivity index (χ1) is 13.7. The number of hydrogen-bond donors (Lipinski definition) is 3. The number of carbonyl (C=O) groups is 2. The molecule has 2 saturated heterocycles. The van der Waals surface area contributed by atoms with Crippen molar-refractivity contribution in [1.82, 2.24) is 21.1 Å². The van der Waals surface area contributed by atoms with Crippen LogP contribution in [0, 0.1) is 0 Å². The maximum absolute atomic E-state index is 12.9. The van der Waals surface area contributed by atoms with Crippen molar-refractivity contribution >= 4 is 11.8 Å². The van der Waals surface area contributed by atoms with Gasteiger partial charge in [0.05, 0.1) is 0 Å². The molecule has 0 aromatic heterocycles. The van der Waals surface area contributed by atoms with Gasteiger partial charge in [-0.2, -0.15) is 0 Å². The van der Waals surface area contributed by atoms with Crippen LogP contribution in [0.3, 0.4) is 0 Å². The predicted octanol–water partition coefficient (Wildman–Crippen LogP) is 2.02. The molecule has 2 aromatic carbocycles. The number of rotatable bonds is 4. The van der Waals surface area contributed by atoms with Crippen LogP contribution < -0.4 is 16.2 Å². The molecule has 2 aliphatic rings. The number of hydrogen-bond acceptors (Lipinski definition) is 4. The zero-order chi connectivity index (χ0) is 19.3. The van der Waals surface area contributed by atoms with E-state index in [0.29, 0.717) is 18.7 Å². The van der Waals surface area contributed by atoms with Crippen LogP contribution >= 0.6 is 0 Å². The van der Waals surface area contributed by atoms with E-state index in [1.54, 1.807) is 0 Å². The molecule has 2 aromatic rings. The van der Waals surface area contributed by atoms with E-state index in [1.807, 2.05) is 53.4 Å². The summed E-state index contributed by atoms with van der Waals surface area (Å²) in [5, 5.41) is 3.09. The number of amides is 2. The molecular formula is C22H26N4O2. The van der Waals surface area contributed by atoms with Gasteiger partial charge < -0.3 is 10.2 Å². The largest absolute Gasteiger partial charge is 0.349 e. The van der Waals surface area contributed by atoms with E-state index in [1.165, 1.54) is 5.56 Å². The first-order valence-corrected chi connectivity index (χ1v) is 9.91. The van der Waals surface area contributed by atoms with Crippen molar-refractivity contribution < 1.29 is 9.59 Å². The number of nitrogens with one attached hydrogen (secondary N) is 3. The van der Waals surface area contributed by atoms with Crippen LogP contribution in [0.25, 0.3) is 0 Å². The molecule has 2 amide bonds. The Bertz CT molecular complexity index is 804. The van der Waals surface area contributed by atoms with Crippen molar-refractivity contribution in [3.8, 4) is 0 Å². The zero-order valence-electron chi connectivity index (χ0n) is 15.8. The molecule has 146 valence electrons. The maximum atomic E-state index is 12.9. The van der Waals surface area contributed by atoms with Gasteiger partial charge in [0.15, 0.2) is 0 Å². The number of piperidine rings is 1. The lowest BCUT2D eigenvalue weighted by Crippen LogP contribution is -2.51. The van der Waals surface area contributed by atoms with E-state index < -0.39 is 0 Å². The monoisotopic (exact) mass is 378 g/mol. The maximum Gasteiger partial charge on any atom is 0.251 e. The Morgan fingerprint density at radius 1 is 0.893 bits per heavy atom. The van der Waals surface area contributed by atoms with E-state index in [-0.39, 0.29) is 29.9 Å². The molecule has 6 heteroatoms. The average Bonchev–Trinajstić information content (AvgIpc) is 3.25. The van der Waals surface area contributed by atoms with Gasteiger partial charge in [-0.25, -0.2) is 10.9 Å². The van der Waals surface area contributed by atoms with Gasteiger partial charge in [-0.05, 0) is 37.0 Å². The van der Waals surface area contributed by atoms with Crippen molar-refractivity contribution in [2.24, 2.45) is 0 Å². The highest BCUT2D eigenvalue weighted by Gasteiger charge is 2.34. The van der Waals surface area contributed by atoms with Gasteiger partial charge in [-0.1, -0.05) is 48.5 Å². The fourth-order valence-electron chi connectivity index (χ4n) is 3.94.